The number of aromatic nitrogens is 2. The molecule has 8 heteroatoms. The van der Waals surface area contributed by atoms with Crippen molar-refractivity contribution in [2.45, 2.75) is 13.0 Å². The molecule has 0 bridgehead atoms. The fourth-order valence-electron chi connectivity index (χ4n) is 2.23. The molecule has 0 aliphatic carbocycles. The SMILES string of the molecule is CS(=O)(=O)COc1ccc(Nc2ncc3c(n2)CNCC3)cc1. The highest BCUT2D eigenvalue weighted by Gasteiger charge is 2.11. The van der Waals surface area contributed by atoms with E-state index in [9.17, 15) is 8.42 Å². The van der Waals surface area contributed by atoms with E-state index >= 15 is 0 Å². The number of ether oxygens (including phenoxy) is 1. The summed E-state index contributed by atoms with van der Waals surface area (Å²) in [5, 5.41) is 6.41. The summed E-state index contributed by atoms with van der Waals surface area (Å²) in [6, 6.07) is 6.98. The van der Waals surface area contributed by atoms with Crippen molar-refractivity contribution in [1.29, 1.82) is 0 Å². The van der Waals surface area contributed by atoms with Gasteiger partial charge in [-0.15, -0.1) is 0 Å². The molecule has 1 aromatic carbocycles. The van der Waals surface area contributed by atoms with Crippen LogP contribution in [-0.2, 0) is 22.8 Å². The summed E-state index contributed by atoms with van der Waals surface area (Å²) in [6.07, 6.45) is 3.93. The Labute approximate surface area is 135 Å². The molecule has 1 aliphatic rings. The fourth-order valence-corrected chi connectivity index (χ4v) is 2.58. The van der Waals surface area contributed by atoms with Gasteiger partial charge in [0.05, 0.1) is 5.69 Å². The van der Waals surface area contributed by atoms with Crippen molar-refractivity contribution in [3.8, 4) is 5.75 Å². The van der Waals surface area contributed by atoms with Crippen LogP contribution in [0.25, 0.3) is 0 Å². The van der Waals surface area contributed by atoms with E-state index in [0.717, 1.165) is 37.1 Å². The van der Waals surface area contributed by atoms with Crippen LogP contribution in [-0.4, -0.2) is 37.1 Å². The summed E-state index contributed by atoms with van der Waals surface area (Å²) in [7, 11) is -3.15. The van der Waals surface area contributed by atoms with Gasteiger partial charge in [-0.2, -0.15) is 0 Å². The van der Waals surface area contributed by atoms with Crippen LogP contribution >= 0.6 is 0 Å². The largest absolute Gasteiger partial charge is 0.478 e. The zero-order valence-electron chi connectivity index (χ0n) is 12.7. The molecule has 0 saturated carbocycles. The fraction of sp³-hybridized carbons (Fsp3) is 0.333. The van der Waals surface area contributed by atoms with Crippen LogP contribution in [0.1, 0.15) is 11.3 Å². The second kappa shape index (κ2) is 6.51. The van der Waals surface area contributed by atoms with E-state index in [1.165, 1.54) is 5.56 Å². The van der Waals surface area contributed by atoms with Gasteiger partial charge in [0.2, 0.25) is 5.95 Å². The van der Waals surface area contributed by atoms with Crippen LogP contribution in [0, 0.1) is 0 Å². The van der Waals surface area contributed by atoms with Crippen molar-refractivity contribution in [2.75, 3.05) is 24.1 Å². The Bertz CT molecular complexity index is 791. The van der Waals surface area contributed by atoms with Crippen molar-refractivity contribution in [1.82, 2.24) is 15.3 Å². The Balaban J connectivity index is 1.66. The highest BCUT2D eigenvalue weighted by Crippen LogP contribution is 2.19. The smallest absolute Gasteiger partial charge is 0.227 e. The minimum Gasteiger partial charge on any atom is -0.478 e. The molecule has 1 aliphatic heterocycles. The maximum absolute atomic E-state index is 11.1. The average Bonchev–Trinajstić information content (AvgIpc) is 2.53. The molecule has 23 heavy (non-hydrogen) atoms. The lowest BCUT2D eigenvalue weighted by molar-refractivity contribution is 0.378. The maximum atomic E-state index is 11.1. The standard InChI is InChI=1S/C15H18N4O3S/c1-23(20,21)10-22-13-4-2-12(3-5-13)18-15-17-8-11-6-7-16-9-14(11)19-15/h2-5,8,16H,6-7,9-10H2,1H3,(H,17,18,19). The predicted octanol–water partition coefficient (Wildman–Crippen LogP) is 1.25. The third-order valence-corrected chi connectivity index (χ3v) is 3.91. The first kappa shape index (κ1) is 15.7. The van der Waals surface area contributed by atoms with E-state index in [-0.39, 0.29) is 5.94 Å². The van der Waals surface area contributed by atoms with Crippen molar-refractivity contribution >= 4 is 21.5 Å². The third kappa shape index (κ3) is 4.40. The van der Waals surface area contributed by atoms with Gasteiger partial charge in [-0.3, -0.25) is 0 Å². The molecule has 7 nitrogen and oxygen atoms in total. The van der Waals surface area contributed by atoms with Crippen molar-refractivity contribution in [3.05, 3.63) is 41.7 Å². The first-order valence-corrected chi connectivity index (χ1v) is 9.29. The molecule has 1 aromatic heterocycles. The summed E-state index contributed by atoms with van der Waals surface area (Å²) in [6.45, 7) is 1.71. The third-order valence-electron chi connectivity index (χ3n) is 3.37. The van der Waals surface area contributed by atoms with E-state index in [4.69, 9.17) is 4.74 Å². The molecule has 122 valence electrons. The zero-order valence-corrected chi connectivity index (χ0v) is 13.6. The molecule has 0 saturated heterocycles. The lowest BCUT2D eigenvalue weighted by atomic mass is 10.1. The molecule has 2 heterocycles. The minimum absolute atomic E-state index is 0.333. The Morgan fingerprint density at radius 1 is 1.30 bits per heavy atom. The maximum Gasteiger partial charge on any atom is 0.227 e. The normalized spacial score (nSPS) is 14.1. The topological polar surface area (TPSA) is 93.2 Å². The highest BCUT2D eigenvalue weighted by molar-refractivity contribution is 7.90. The van der Waals surface area contributed by atoms with Gasteiger partial charge in [-0.1, -0.05) is 0 Å². The summed E-state index contributed by atoms with van der Waals surface area (Å²) < 4.78 is 27.3. The molecule has 0 amide bonds. The molecule has 0 spiro atoms. The van der Waals surface area contributed by atoms with Gasteiger partial charge >= 0.3 is 0 Å². The molecule has 0 unspecified atom stereocenters. The number of nitrogens with zero attached hydrogens (tertiary/aromatic N) is 2. The van der Waals surface area contributed by atoms with Gasteiger partial charge in [-0.05, 0) is 42.8 Å². The second-order valence-electron chi connectivity index (χ2n) is 5.43. The van der Waals surface area contributed by atoms with Crippen LogP contribution in [0.2, 0.25) is 0 Å². The van der Waals surface area contributed by atoms with Crippen LogP contribution in [0.4, 0.5) is 11.6 Å². The monoisotopic (exact) mass is 334 g/mol. The molecular formula is C15H18N4O3S. The number of fused-ring (bicyclic) bond motifs is 1. The number of rotatable bonds is 5. The van der Waals surface area contributed by atoms with Crippen LogP contribution in [0.5, 0.6) is 5.75 Å². The van der Waals surface area contributed by atoms with Gasteiger partial charge in [0.15, 0.2) is 15.8 Å². The van der Waals surface area contributed by atoms with Gasteiger partial charge in [0, 0.05) is 24.7 Å². The van der Waals surface area contributed by atoms with E-state index in [1.54, 1.807) is 24.3 Å². The van der Waals surface area contributed by atoms with Gasteiger partial charge in [0.25, 0.3) is 0 Å². The minimum atomic E-state index is -3.15. The van der Waals surface area contributed by atoms with Crippen molar-refractivity contribution in [2.24, 2.45) is 0 Å². The Kier molecular flexibility index (Phi) is 4.44. The molecule has 0 atom stereocenters. The zero-order chi connectivity index (χ0) is 16.3. The highest BCUT2D eigenvalue weighted by atomic mass is 32.2. The molecular weight excluding hydrogens is 316 g/mol. The Morgan fingerprint density at radius 3 is 2.83 bits per heavy atom. The molecule has 3 rings (SSSR count). The molecule has 0 fully saturated rings. The van der Waals surface area contributed by atoms with Crippen molar-refractivity contribution in [3.63, 3.8) is 0 Å². The van der Waals surface area contributed by atoms with E-state index in [0.29, 0.717) is 11.7 Å². The summed E-state index contributed by atoms with van der Waals surface area (Å²) >= 11 is 0. The predicted molar refractivity (Wildman–Crippen MR) is 87.5 cm³/mol. The second-order valence-corrected chi connectivity index (χ2v) is 7.52. The first-order valence-electron chi connectivity index (χ1n) is 7.23. The first-order chi connectivity index (χ1) is 11.0. The summed E-state index contributed by atoms with van der Waals surface area (Å²) in [4.78, 5) is 8.82. The van der Waals surface area contributed by atoms with Gasteiger partial charge in [0.1, 0.15) is 5.75 Å². The number of hydrogen-bond acceptors (Lipinski definition) is 7. The molecule has 0 radical (unpaired) electrons. The number of benzene rings is 1. The Hall–Kier alpha value is -2.19. The average molecular weight is 334 g/mol. The number of hydrogen-bond donors (Lipinski definition) is 2. The van der Waals surface area contributed by atoms with E-state index in [2.05, 4.69) is 20.6 Å². The van der Waals surface area contributed by atoms with E-state index in [1.807, 2.05) is 6.20 Å². The van der Waals surface area contributed by atoms with Crippen LogP contribution in [0.15, 0.2) is 30.5 Å². The summed E-state index contributed by atoms with van der Waals surface area (Å²) in [5.74, 6) is 0.703. The number of nitrogens with one attached hydrogen (secondary N) is 2. The van der Waals surface area contributed by atoms with E-state index < -0.39 is 9.84 Å². The lowest BCUT2D eigenvalue weighted by Gasteiger charge is -2.16. The van der Waals surface area contributed by atoms with Crippen LogP contribution in [0.3, 0.4) is 0 Å². The van der Waals surface area contributed by atoms with Crippen LogP contribution < -0.4 is 15.4 Å². The molecule has 2 aromatic rings. The Morgan fingerprint density at radius 2 is 2.09 bits per heavy atom. The quantitative estimate of drug-likeness (QED) is 0.850. The lowest BCUT2D eigenvalue weighted by Crippen LogP contribution is -2.25. The van der Waals surface area contributed by atoms with Gasteiger partial charge < -0.3 is 15.4 Å². The van der Waals surface area contributed by atoms with Crippen molar-refractivity contribution < 1.29 is 13.2 Å². The van der Waals surface area contributed by atoms with Gasteiger partial charge in [-0.25, -0.2) is 18.4 Å². The number of sulfone groups is 1. The number of anilines is 2. The molecule has 2 N–H and O–H groups in total. The summed E-state index contributed by atoms with van der Waals surface area (Å²) in [5.41, 5.74) is 3.00.